The highest BCUT2D eigenvalue weighted by atomic mass is 79.9. The molecule has 2 aromatic carbocycles. The Balaban J connectivity index is 1.54. The molecule has 0 radical (unpaired) electrons. The molecule has 2 unspecified atom stereocenters. The van der Waals surface area contributed by atoms with E-state index in [1.807, 2.05) is 53.6 Å². The van der Waals surface area contributed by atoms with Crippen LogP contribution in [0.1, 0.15) is 18.7 Å². The summed E-state index contributed by atoms with van der Waals surface area (Å²) in [6.07, 6.45) is 4.71. The highest BCUT2D eigenvalue weighted by molar-refractivity contribution is 9.10. The number of rotatable bonds is 6. The lowest BCUT2D eigenvalue weighted by molar-refractivity contribution is -0.125. The summed E-state index contributed by atoms with van der Waals surface area (Å²) < 4.78 is 8.82. The maximum atomic E-state index is 11.5. The maximum absolute atomic E-state index is 11.5. The summed E-state index contributed by atoms with van der Waals surface area (Å²) in [5.41, 5.74) is 1.16. The molecule has 1 aliphatic rings. The van der Waals surface area contributed by atoms with E-state index in [0.717, 1.165) is 41.2 Å². The van der Waals surface area contributed by atoms with Gasteiger partial charge < -0.3 is 14.2 Å². The van der Waals surface area contributed by atoms with Crippen molar-refractivity contribution in [3.05, 3.63) is 77.3 Å². The second-order valence-electron chi connectivity index (χ2n) is 7.27. The fourth-order valence-corrected chi connectivity index (χ4v) is 4.02. The lowest BCUT2D eigenvalue weighted by Gasteiger charge is -2.44. The Morgan fingerprint density at radius 3 is 2.66 bits per heavy atom. The van der Waals surface area contributed by atoms with Gasteiger partial charge in [0.1, 0.15) is 22.3 Å². The third-order valence-electron chi connectivity index (χ3n) is 5.17. The Hall–Kier alpha value is -2.64. The molecule has 7 heteroatoms. The standard InChI is InChI=1S/C22H23BrN4O2/c1-17-11-25(22(14-27(17)16-28)26-13-21(23)24-15-26)12-18-6-5-9-20(10-18)29-19-7-3-2-4-8-19/h2-10,13,15-17,22H,11-12,14H2,1H3. The summed E-state index contributed by atoms with van der Waals surface area (Å²) in [6.45, 7) is 4.23. The summed E-state index contributed by atoms with van der Waals surface area (Å²) in [7, 11) is 0. The molecule has 1 fully saturated rings. The van der Waals surface area contributed by atoms with Crippen molar-refractivity contribution < 1.29 is 9.53 Å². The monoisotopic (exact) mass is 454 g/mol. The van der Waals surface area contributed by atoms with Crippen molar-refractivity contribution in [2.45, 2.75) is 25.7 Å². The summed E-state index contributed by atoms with van der Waals surface area (Å²) >= 11 is 3.42. The van der Waals surface area contributed by atoms with Gasteiger partial charge in [0.05, 0.1) is 12.9 Å². The average molecular weight is 455 g/mol. The molecule has 0 bridgehead atoms. The number of carbonyl (C=O) groups is 1. The van der Waals surface area contributed by atoms with Gasteiger partial charge in [-0.15, -0.1) is 0 Å². The number of benzene rings is 2. The molecule has 1 aliphatic heterocycles. The normalized spacial score (nSPS) is 19.9. The molecule has 0 aliphatic carbocycles. The van der Waals surface area contributed by atoms with Crippen molar-refractivity contribution in [2.75, 3.05) is 13.1 Å². The van der Waals surface area contributed by atoms with E-state index in [1.54, 1.807) is 6.33 Å². The molecule has 1 aromatic heterocycles. The van der Waals surface area contributed by atoms with E-state index in [1.165, 1.54) is 0 Å². The number of halogens is 1. The summed E-state index contributed by atoms with van der Waals surface area (Å²) in [6, 6.07) is 18.1. The molecule has 0 N–H and O–H groups in total. The number of nitrogens with zero attached hydrogens (tertiary/aromatic N) is 4. The van der Waals surface area contributed by atoms with E-state index < -0.39 is 0 Å². The third kappa shape index (κ3) is 4.68. The Bertz CT molecular complexity index is 962. The SMILES string of the molecule is CC1CN(Cc2cccc(Oc3ccccc3)c2)C(n2cnc(Br)c2)CN1C=O. The van der Waals surface area contributed by atoms with Crippen molar-refractivity contribution in [1.29, 1.82) is 0 Å². The second kappa shape index (κ2) is 8.80. The first kappa shape index (κ1) is 19.7. The van der Waals surface area contributed by atoms with Gasteiger partial charge in [-0.2, -0.15) is 0 Å². The molecular weight excluding hydrogens is 432 g/mol. The minimum atomic E-state index is 0.0221. The van der Waals surface area contributed by atoms with Gasteiger partial charge in [0, 0.05) is 25.3 Å². The van der Waals surface area contributed by atoms with Crippen LogP contribution in [0.15, 0.2) is 71.7 Å². The Kier molecular flexibility index (Phi) is 5.97. The van der Waals surface area contributed by atoms with Crippen molar-refractivity contribution in [1.82, 2.24) is 19.4 Å². The molecular formula is C22H23BrN4O2. The van der Waals surface area contributed by atoms with Crippen LogP contribution in [0.3, 0.4) is 0 Å². The van der Waals surface area contributed by atoms with Crippen LogP contribution >= 0.6 is 15.9 Å². The van der Waals surface area contributed by atoms with Gasteiger partial charge in [0.15, 0.2) is 0 Å². The van der Waals surface area contributed by atoms with Crippen LogP contribution < -0.4 is 4.74 Å². The summed E-state index contributed by atoms with van der Waals surface area (Å²) in [4.78, 5) is 20.0. The zero-order valence-corrected chi connectivity index (χ0v) is 17.8. The van der Waals surface area contributed by atoms with Gasteiger partial charge in [0.2, 0.25) is 6.41 Å². The topological polar surface area (TPSA) is 50.6 Å². The fraction of sp³-hybridized carbons (Fsp3) is 0.273. The summed E-state index contributed by atoms with van der Waals surface area (Å²) in [5.74, 6) is 1.63. The molecule has 2 heterocycles. The minimum absolute atomic E-state index is 0.0221. The average Bonchev–Trinajstić information content (AvgIpc) is 3.15. The quantitative estimate of drug-likeness (QED) is 0.521. The number of para-hydroxylation sites is 1. The summed E-state index contributed by atoms with van der Waals surface area (Å²) in [5, 5.41) is 0. The van der Waals surface area contributed by atoms with Gasteiger partial charge in [-0.25, -0.2) is 4.98 Å². The maximum Gasteiger partial charge on any atom is 0.210 e. The Labute approximate surface area is 178 Å². The predicted molar refractivity (Wildman–Crippen MR) is 115 cm³/mol. The van der Waals surface area contributed by atoms with Gasteiger partial charge in [0.25, 0.3) is 0 Å². The van der Waals surface area contributed by atoms with Crippen molar-refractivity contribution in [2.24, 2.45) is 0 Å². The molecule has 1 saturated heterocycles. The zero-order valence-electron chi connectivity index (χ0n) is 16.2. The van der Waals surface area contributed by atoms with Gasteiger partial charge in [-0.1, -0.05) is 30.3 Å². The van der Waals surface area contributed by atoms with E-state index in [2.05, 4.69) is 49.4 Å². The zero-order chi connectivity index (χ0) is 20.2. The largest absolute Gasteiger partial charge is 0.457 e. The van der Waals surface area contributed by atoms with Crippen LogP contribution in [0.5, 0.6) is 11.5 Å². The number of aromatic nitrogens is 2. The molecule has 0 spiro atoms. The first-order valence-corrected chi connectivity index (χ1v) is 10.4. The smallest absolute Gasteiger partial charge is 0.210 e. The van der Waals surface area contributed by atoms with Gasteiger partial charge in [-0.05, 0) is 52.7 Å². The molecule has 1 amide bonds. The second-order valence-corrected chi connectivity index (χ2v) is 8.08. The van der Waals surface area contributed by atoms with Crippen molar-refractivity contribution in [3.8, 4) is 11.5 Å². The molecule has 0 saturated carbocycles. The lowest BCUT2D eigenvalue weighted by Crippen LogP contribution is -2.53. The number of carbonyl (C=O) groups excluding carboxylic acids is 1. The number of hydrogen-bond donors (Lipinski definition) is 0. The molecule has 29 heavy (non-hydrogen) atoms. The molecule has 3 aromatic rings. The number of piperazine rings is 1. The van der Waals surface area contributed by atoms with Crippen LogP contribution in [0, 0.1) is 0 Å². The lowest BCUT2D eigenvalue weighted by atomic mass is 10.1. The number of ether oxygens (including phenoxy) is 1. The molecule has 150 valence electrons. The van der Waals surface area contributed by atoms with Crippen molar-refractivity contribution in [3.63, 3.8) is 0 Å². The molecule has 6 nitrogen and oxygen atoms in total. The first-order valence-electron chi connectivity index (χ1n) is 9.58. The van der Waals surface area contributed by atoms with Gasteiger partial charge in [-0.3, -0.25) is 9.69 Å². The highest BCUT2D eigenvalue weighted by Crippen LogP contribution is 2.27. The van der Waals surface area contributed by atoms with Crippen LogP contribution in [0.2, 0.25) is 0 Å². The van der Waals surface area contributed by atoms with E-state index >= 15 is 0 Å². The minimum Gasteiger partial charge on any atom is -0.457 e. The number of imidazole rings is 1. The van der Waals surface area contributed by atoms with Gasteiger partial charge >= 0.3 is 0 Å². The van der Waals surface area contributed by atoms with Crippen LogP contribution in [0.25, 0.3) is 0 Å². The van der Waals surface area contributed by atoms with E-state index in [9.17, 15) is 4.79 Å². The fourth-order valence-electron chi connectivity index (χ4n) is 3.69. The van der Waals surface area contributed by atoms with Crippen molar-refractivity contribution >= 4 is 22.3 Å². The Morgan fingerprint density at radius 1 is 1.14 bits per heavy atom. The number of amides is 1. The third-order valence-corrected chi connectivity index (χ3v) is 5.58. The predicted octanol–water partition coefficient (Wildman–Crippen LogP) is 4.30. The van der Waals surface area contributed by atoms with Crippen LogP contribution in [0.4, 0.5) is 0 Å². The molecule has 4 rings (SSSR count). The van der Waals surface area contributed by atoms with Crippen LogP contribution in [-0.2, 0) is 11.3 Å². The van der Waals surface area contributed by atoms with Crippen LogP contribution in [-0.4, -0.2) is 44.9 Å². The first-order chi connectivity index (χ1) is 14.1. The Morgan fingerprint density at radius 2 is 1.93 bits per heavy atom. The van der Waals surface area contributed by atoms with E-state index in [4.69, 9.17) is 4.74 Å². The highest BCUT2D eigenvalue weighted by Gasteiger charge is 2.32. The van der Waals surface area contributed by atoms with E-state index in [-0.39, 0.29) is 12.2 Å². The molecule has 2 atom stereocenters. The van der Waals surface area contributed by atoms with E-state index in [0.29, 0.717) is 6.54 Å². The number of hydrogen-bond acceptors (Lipinski definition) is 4.